The van der Waals surface area contributed by atoms with Crippen LogP contribution in [0.15, 0.2) is 219 Å². The maximum Gasteiger partial charge on any atom is 0.340 e. The number of ether oxygens (including phenoxy) is 2. The van der Waals surface area contributed by atoms with E-state index in [9.17, 15) is 0 Å². The SMILES string of the molecule is C=C[C@@H]1CC(C(=O)OC(c2ccccc2)c2ccccc2)(C(=O)OC(c2ccccc2)c2ccccc2)N2[C@@H]3C(=O)N(c4ccccc4)C(=O)[C@@H]3[C@@]3(C(=O)N(Cc4ccccc4)c4ccccc43)N12. The van der Waals surface area contributed by atoms with Crippen molar-refractivity contribution in [2.45, 2.75) is 48.3 Å². The first-order valence-corrected chi connectivity index (χ1v) is 23.0. The molecule has 69 heavy (non-hydrogen) atoms. The number of hydrogen-bond acceptors (Lipinski definition) is 9. The van der Waals surface area contributed by atoms with Gasteiger partial charge in [0.15, 0.2) is 17.7 Å². The molecule has 0 N–H and O–H groups in total. The Labute approximate surface area is 399 Å². The molecule has 7 aromatic carbocycles. The Hall–Kier alpha value is -8.25. The summed E-state index contributed by atoms with van der Waals surface area (Å²) in [6.07, 6.45) is -0.865. The van der Waals surface area contributed by atoms with Gasteiger partial charge in [-0.2, -0.15) is 5.01 Å². The van der Waals surface area contributed by atoms with Gasteiger partial charge >= 0.3 is 11.9 Å². The van der Waals surface area contributed by atoms with E-state index >= 15 is 24.0 Å². The van der Waals surface area contributed by atoms with Crippen molar-refractivity contribution < 1.29 is 33.4 Å². The summed E-state index contributed by atoms with van der Waals surface area (Å²) in [7, 11) is 0. The van der Waals surface area contributed by atoms with E-state index in [0.29, 0.717) is 33.5 Å². The Balaban J connectivity index is 1.15. The van der Waals surface area contributed by atoms with Gasteiger partial charge in [-0.3, -0.25) is 14.4 Å². The van der Waals surface area contributed by atoms with Gasteiger partial charge in [-0.1, -0.05) is 194 Å². The number of amides is 3. The molecule has 3 amide bonds. The first-order chi connectivity index (χ1) is 33.8. The second-order valence-corrected chi connectivity index (χ2v) is 17.7. The molecule has 1 spiro atoms. The van der Waals surface area contributed by atoms with E-state index in [-0.39, 0.29) is 18.7 Å². The Bertz CT molecular complexity index is 2910. The van der Waals surface area contributed by atoms with Crippen molar-refractivity contribution in [3.63, 3.8) is 0 Å². The Kier molecular flexibility index (Phi) is 11.0. The normalized spacial score (nSPS) is 21.4. The molecule has 3 saturated heterocycles. The molecule has 4 atom stereocenters. The summed E-state index contributed by atoms with van der Waals surface area (Å²) in [5.74, 6) is -5.41. The van der Waals surface area contributed by atoms with E-state index in [4.69, 9.17) is 9.47 Å². The fourth-order valence-corrected chi connectivity index (χ4v) is 11.0. The van der Waals surface area contributed by atoms with Crippen LogP contribution in [0.2, 0.25) is 0 Å². The standard InChI is InChI=1S/C58H46N4O7/c1-2-44-37-57(55(66)68-50(40-25-11-4-12-26-40)41-27-13-5-14-28-41,56(67)69-51(42-29-15-6-16-30-42)43-31-17-7-18-32-43)62-49-48(52(63)60(53(49)64)45-33-19-8-20-34-45)58(61(44)62)46-35-21-22-36-47(46)59(54(58)65)38-39-23-9-3-10-24-39/h2-36,44,48-51H,1,37-38H2/t44-,48-,49+,58+/m1/s1. The smallest absolute Gasteiger partial charge is 0.340 e. The molecule has 3 fully saturated rings. The molecule has 0 bridgehead atoms. The summed E-state index contributed by atoms with van der Waals surface area (Å²) < 4.78 is 13.5. The lowest BCUT2D eigenvalue weighted by molar-refractivity contribution is -0.191. The summed E-state index contributed by atoms with van der Waals surface area (Å²) in [5, 5.41) is 3.01. The van der Waals surface area contributed by atoms with Crippen molar-refractivity contribution in [1.29, 1.82) is 0 Å². The number of carbonyl (C=O) groups excluding carboxylic acids is 5. The van der Waals surface area contributed by atoms with Crippen LogP contribution in [-0.4, -0.2) is 57.3 Å². The van der Waals surface area contributed by atoms with Crippen molar-refractivity contribution in [3.05, 3.63) is 252 Å². The Morgan fingerprint density at radius 3 is 1.48 bits per heavy atom. The predicted octanol–water partition coefficient (Wildman–Crippen LogP) is 8.88. The number of carbonyl (C=O) groups is 5. The lowest BCUT2D eigenvalue weighted by Gasteiger charge is -2.42. The number of benzene rings is 7. The van der Waals surface area contributed by atoms with Gasteiger partial charge in [0.05, 0.1) is 18.2 Å². The molecule has 7 aromatic rings. The average Bonchev–Trinajstić information content (AvgIpc) is 4.08. The molecular formula is C58H46N4O7. The van der Waals surface area contributed by atoms with Gasteiger partial charge in [-0.25, -0.2) is 19.5 Å². The monoisotopic (exact) mass is 910 g/mol. The highest BCUT2D eigenvalue weighted by Crippen LogP contribution is 2.63. The van der Waals surface area contributed by atoms with E-state index in [0.717, 1.165) is 10.5 Å². The zero-order valence-corrected chi connectivity index (χ0v) is 37.4. The maximum atomic E-state index is 16.3. The average molecular weight is 911 g/mol. The molecule has 4 aliphatic heterocycles. The number of anilines is 2. The van der Waals surface area contributed by atoms with Gasteiger partial charge in [0, 0.05) is 23.7 Å². The lowest BCUT2D eigenvalue weighted by atomic mass is 9.75. The van der Waals surface area contributed by atoms with Crippen LogP contribution in [0.1, 0.15) is 52.0 Å². The number of para-hydroxylation sites is 2. The first kappa shape index (κ1) is 43.3. The van der Waals surface area contributed by atoms with E-state index in [1.165, 1.54) is 5.01 Å². The van der Waals surface area contributed by atoms with Crippen molar-refractivity contribution in [1.82, 2.24) is 10.0 Å². The summed E-state index contributed by atoms with van der Waals surface area (Å²) in [4.78, 5) is 82.8. The minimum absolute atomic E-state index is 0.133. The topological polar surface area (TPSA) is 117 Å². The van der Waals surface area contributed by atoms with E-state index < -0.39 is 70.9 Å². The summed E-state index contributed by atoms with van der Waals surface area (Å²) >= 11 is 0. The fraction of sp³-hybridized carbons (Fsp3) is 0.155. The van der Waals surface area contributed by atoms with Gasteiger partial charge in [-0.15, -0.1) is 6.58 Å². The summed E-state index contributed by atoms with van der Waals surface area (Å²) in [6, 6.07) is 59.3. The molecule has 11 rings (SSSR count). The number of fused-ring (bicyclic) bond motifs is 7. The molecule has 0 aromatic heterocycles. The third-order valence-corrected chi connectivity index (χ3v) is 14.0. The molecule has 0 unspecified atom stereocenters. The minimum atomic E-state index is -2.50. The number of hydrogen-bond donors (Lipinski definition) is 0. The molecule has 0 saturated carbocycles. The highest BCUT2D eigenvalue weighted by atomic mass is 16.6. The molecule has 11 heteroatoms. The van der Waals surface area contributed by atoms with E-state index in [2.05, 4.69) is 6.58 Å². The third-order valence-electron chi connectivity index (χ3n) is 14.0. The largest absolute Gasteiger partial charge is 0.451 e. The number of nitrogens with zero attached hydrogens (tertiary/aromatic N) is 4. The highest BCUT2D eigenvalue weighted by molar-refractivity contribution is 6.27. The molecule has 4 aliphatic rings. The lowest BCUT2D eigenvalue weighted by Crippen LogP contribution is -2.65. The van der Waals surface area contributed by atoms with Crippen LogP contribution in [0.3, 0.4) is 0 Å². The summed E-state index contributed by atoms with van der Waals surface area (Å²) in [6.45, 7) is 4.37. The van der Waals surface area contributed by atoms with Crippen LogP contribution < -0.4 is 9.80 Å². The quantitative estimate of drug-likeness (QED) is 0.0513. The van der Waals surface area contributed by atoms with E-state index in [1.807, 2.05) is 164 Å². The molecule has 4 heterocycles. The Morgan fingerprint density at radius 1 is 0.565 bits per heavy atom. The second kappa shape index (κ2) is 17.4. The summed E-state index contributed by atoms with van der Waals surface area (Å²) in [5.41, 5.74) is 0.0951. The van der Waals surface area contributed by atoms with Gasteiger partial charge in [-0.05, 0) is 46.0 Å². The van der Waals surface area contributed by atoms with Crippen molar-refractivity contribution in [3.8, 4) is 0 Å². The van der Waals surface area contributed by atoms with Crippen molar-refractivity contribution >= 4 is 41.0 Å². The molecule has 0 aliphatic carbocycles. The fourth-order valence-electron chi connectivity index (χ4n) is 11.0. The van der Waals surface area contributed by atoms with Crippen LogP contribution in [0, 0.1) is 5.92 Å². The molecular weight excluding hydrogens is 865 g/mol. The molecule has 0 radical (unpaired) electrons. The molecule has 11 nitrogen and oxygen atoms in total. The minimum Gasteiger partial charge on any atom is -0.451 e. The van der Waals surface area contributed by atoms with E-state index in [1.54, 1.807) is 58.4 Å². The highest BCUT2D eigenvalue weighted by Gasteiger charge is 2.83. The second-order valence-electron chi connectivity index (χ2n) is 17.7. The van der Waals surface area contributed by atoms with Crippen molar-refractivity contribution in [2.24, 2.45) is 5.92 Å². The van der Waals surface area contributed by atoms with Crippen LogP contribution in [-0.2, 0) is 45.5 Å². The molecule has 340 valence electrons. The Morgan fingerprint density at radius 2 is 1.00 bits per heavy atom. The zero-order chi connectivity index (χ0) is 47.3. The van der Waals surface area contributed by atoms with Crippen LogP contribution in [0.4, 0.5) is 11.4 Å². The first-order valence-electron chi connectivity index (χ1n) is 23.0. The zero-order valence-electron chi connectivity index (χ0n) is 37.4. The number of rotatable bonds is 12. The maximum absolute atomic E-state index is 16.3. The number of esters is 2. The number of hydrazine groups is 1. The van der Waals surface area contributed by atoms with Crippen molar-refractivity contribution in [2.75, 3.05) is 9.80 Å². The van der Waals surface area contributed by atoms with Crippen LogP contribution in [0.5, 0.6) is 0 Å². The van der Waals surface area contributed by atoms with Gasteiger partial charge in [0.2, 0.25) is 11.4 Å². The van der Waals surface area contributed by atoms with Gasteiger partial charge in [0.1, 0.15) is 6.04 Å². The number of imide groups is 1. The van der Waals surface area contributed by atoms with Gasteiger partial charge < -0.3 is 14.4 Å². The van der Waals surface area contributed by atoms with Crippen LogP contribution in [0.25, 0.3) is 0 Å². The van der Waals surface area contributed by atoms with Crippen LogP contribution >= 0.6 is 0 Å². The third kappa shape index (κ3) is 6.76. The van der Waals surface area contributed by atoms with Gasteiger partial charge in [0.25, 0.3) is 11.8 Å². The predicted molar refractivity (Wildman–Crippen MR) is 259 cm³/mol.